The van der Waals surface area contributed by atoms with E-state index in [9.17, 15) is 9.59 Å². The summed E-state index contributed by atoms with van der Waals surface area (Å²) in [5.41, 5.74) is 8.32. The van der Waals surface area contributed by atoms with Crippen LogP contribution in [0.3, 0.4) is 0 Å². The fourth-order valence-electron chi connectivity index (χ4n) is 7.67. The van der Waals surface area contributed by atoms with E-state index in [0.29, 0.717) is 24.4 Å². The standard InChI is InChI=1S/C28H42N4O2/c29-12-4-2-1-3-5-24(32-28-16-19-13-20(17-28)15-21(14-19)18-28)22-6-8-23(9-7-22)30-25-10-11-26(33)31-27(25)34/h6-9,19-21,24-25,30,32H,1-5,10-18,29H2,(H,31,33,34). The van der Waals surface area contributed by atoms with E-state index in [1.807, 2.05) is 0 Å². The van der Waals surface area contributed by atoms with Gasteiger partial charge in [-0.2, -0.15) is 0 Å². The van der Waals surface area contributed by atoms with E-state index in [0.717, 1.165) is 42.8 Å². The number of rotatable bonds is 11. The van der Waals surface area contributed by atoms with Gasteiger partial charge in [0.1, 0.15) is 6.04 Å². The van der Waals surface area contributed by atoms with E-state index in [4.69, 9.17) is 5.73 Å². The summed E-state index contributed by atoms with van der Waals surface area (Å²) in [4.78, 5) is 23.5. The van der Waals surface area contributed by atoms with Crippen molar-refractivity contribution in [1.29, 1.82) is 0 Å². The van der Waals surface area contributed by atoms with Crippen molar-refractivity contribution in [1.82, 2.24) is 10.6 Å². The van der Waals surface area contributed by atoms with Crippen molar-refractivity contribution in [2.75, 3.05) is 11.9 Å². The second-order valence-corrected chi connectivity index (χ2v) is 11.7. The molecule has 0 spiro atoms. The largest absolute Gasteiger partial charge is 0.374 e. The number of anilines is 1. The molecule has 6 rings (SSSR count). The zero-order chi connectivity index (χ0) is 23.5. The smallest absolute Gasteiger partial charge is 0.249 e. The van der Waals surface area contributed by atoms with Gasteiger partial charge in [0, 0.05) is 23.7 Å². The third kappa shape index (κ3) is 5.49. The first-order chi connectivity index (χ1) is 16.5. The molecule has 2 atom stereocenters. The van der Waals surface area contributed by atoms with Crippen LogP contribution < -0.4 is 21.7 Å². The predicted octanol–water partition coefficient (Wildman–Crippen LogP) is 4.41. The van der Waals surface area contributed by atoms with E-state index in [1.54, 1.807) is 0 Å². The molecule has 5 aliphatic rings. The number of imide groups is 1. The summed E-state index contributed by atoms with van der Waals surface area (Å²) in [6.07, 6.45) is 15.4. The maximum atomic E-state index is 12.1. The Kier molecular flexibility index (Phi) is 7.26. The van der Waals surface area contributed by atoms with Gasteiger partial charge in [0.25, 0.3) is 0 Å². The van der Waals surface area contributed by atoms with Crippen molar-refractivity contribution in [3.8, 4) is 0 Å². The molecule has 4 bridgehead atoms. The molecular formula is C28H42N4O2. The highest BCUT2D eigenvalue weighted by atomic mass is 16.2. The third-order valence-electron chi connectivity index (χ3n) is 8.86. The third-order valence-corrected chi connectivity index (χ3v) is 8.86. The highest BCUT2D eigenvalue weighted by molar-refractivity contribution is 6.01. The number of hydrogen-bond donors (Lipinski definition) is 4. The molecule has 34 heavy (non-hydrogen) atoms. The number of piperidine rings is 1. The minimum absolute atomic E-state index is 0.177. The van der Waals surface area contributed by atoms with Crippen LogP contribution in [0.2, 0.25) is 0 Å². The van der Waals surface area contributed by atoms with Crippen LogP contribution in [0.5, 0.6) is 0 Å². The predicted molar refractivity (Wildman–Crippen MR) is 135 cm³/mol. The normalized spacial score (nSPS) is 33.1. The van der Waals surface area contributed by atoms with Gasteiger partial charge in [-0.25, -0.2) is 0 Å². The molecule has 6 nitrogen and oxygen atoms in total. The number of hydrogen-bond acceptors (Lipinski definition) is 5. The highest BCUT2D eigenvalue weighted by Crippen LogP contribution is 2.56. The van der Waals surface area contributed by atoms with Gasteiger partial charge in [-0.3, -0.25) is 14.9 Å². The van der Waals surface area contributed by atoms with Crippen LogP contribution in [-0.2, 0) is 9.59 Å². The molecule has 1 aliphatic heterocycles. The van der Waals surface area contributed by atoms with E-state index < -0.39 is 0 Å². The number of benzene rings is 1. The summed E-state index contributed by atoms with van der Waals surface area (Å²) in [6, 6.07) is 8.69. The van der Waals surface area contributed by atoms with Crippen LogP contribution in [0.25, 0.3) is 0 Å². The molecule has 4 saturated carbocycles. The van der Waals surface area contributed by atoms with Gasteiger partial charge in [-0.1, -0.05) is 31.4 Å². The Balaban J connectivity index is 1.26. The molecule has 4 aliphatic carbocycles. The van der Waals surface area contributed by atoms with Crippen molar-refractivity contribution in [3.63, 3.8) is 0 Å². The highest BCUT2D eigenvalue weighted by Gasteiger charge is 2.51. The Bertz CT molecular complexity index is 832. The lowest BCUT2D eigenvalue weighted by Gasteiger charge is -2.58. The summed E-state index contributed by atoms with van der Waals surface area (Å²) in [7, 11) is 0. The Morgan fingerprint density at radius 2 is 1.59 bits per heavy atom. The zero-order valence-electron chi connectivity index (χ0n) is 20.5. The minimum Gasteiger partial charge on any atom is -0.374 e. The van der Waals surface area contributed by atoms with Crippen molar-refractivity contribution < 1.29 is 9.59 Å². The molecule has 186 valence electrons. The fraction of sp³-hybridized carbons (Fsp3) is 0.714. The Morgan fingerprint density at radius 3 is 2.21 bits per heavy atom. The van der Waals surface area contributed by atoms with E-state index >= 15 is 0 Å². The molecular weight excluding hydrogens is 424 g/mol. The van der Waals surface area contributed by atoms with Crippen molar-refractivity contribution >= 4 is 17.5 Å². The molecule has 0 aromatic heterocycles. The number of unbranched alkanes of at least 4 members (excludes halogenated alkanes) is 3. The molecule has 1 aromatic carbocycles. The Morgan fingerprint density at radius 1 is 0.941 bits per heavy atom. The summed E-state index contributed by atoms with van der Waals surface area (Å²) in [6.45, 7) is 0.788. The Labute approximate surface area is 204 Å². The lowest BCUT2D eigenvalue weighted by atomic mass is 9.53. The van der Waals surface area contributed by atoms with Crippen molar-refractivity contribution in [2.24, 2.45) is 23.5 Å². The second kappa shape index (κ2) is 10.4. The summed E-state index contributed by atoms with van der Waals surface area (Å²) < 4.78 is 0. The van der Waals surface area contributed by atoms with Crippen molar-refractivity contribution in [3.05, 3.63) is 29.8 Å². The van der Waals surface area contributed by atoms with Crippen LogP contribution in [0.15, 0.2) is 24.3 Å². The van der Waals surface area contributed by atoms with Crippen LogP contribution in [0, 0.1) is 17.8 Å². The van der Waals surface area contributed by atoms with Gasteiger partial charge in [-0.05, 0) is 99.8 Å². The lowest BCUT2D eigenvalue weighted by molar-refractivity contribution is -0.133. The number of nitrogens with two attached hydrogens (primary N) is 1. The maximum absolute atomic E-state index is 12.1. The minimum atomic E-state index is -0.341. The average molecular weight is 467 g/mol. The van der Waals surface area contributed by atoms with Crippen molar-refractivity contribution in [2.45, 2.75) is 101 Å². The maximum Gasteiger partial charge on any atom is 0.249 e. The molecule has 1 heterocycles. The van der Waals surface area contributed by atoms with Gasteiger partial charge >= 0.3 is 0 Å². The number of nitrogens with one attached hydrogen (secondary N) is 3. The number of carbonyl (C=O) groups is 2. The molecule has 1 aromatic rings. The van der Waals surface area contributed by atoms with Crippen LogP contribution in [0.4, 0.5) is 5.69 Å². The van der Waals surface area contributed by atoms with Gasteiger partial charge in [0.15, 0.2) is 0 Å². The quantitative estimate of drug-likeness (QED) is 0.286. The number of carbonyl (C=O) groups excluding carboxylic acids is 2. The van der Waals surface area contributed by atoms with E-state index in [1.165, 1.54) is 63.4 Å². The summed E-state index contributed by atoms with van der Waals surface area (Å²) in [5, 5.41) is 9.98. The lowest BCUT2D eigenvalue weighted by Crippen LogP contribution is -2.59. The fourth-order valence-corrected chi connectivity index (χ4v) is 7.67. The van der Waals surface area contributed by atoms with E-state index in [2.05, 4.69) is 40.2 Å². The molecule has 2 amide bonds. The van der Waals surface area contributed by atoms with Gasteiger partial charge in [-0.15, -0.1) is 0 Å². The molecule has 2 unspecified atom stereocenters. The molecule has 6 heteroatoms. The summed E-state index contributed by atoms with van der Waals surface area (Å²) in [5.74, 6) is 2.40. The monoisotopic (exact) mass is 466 g/mol. The van der Waals surface area contributed by atoms with Gasteiger partial charge in [0.05, 0.1) is 0 Å². The molecule has 5 N–H and O–H groups in total. The first-order valence-corrected chi connectivity index (χ1v) is 13.7. The van der Waals surface area contributed by atoms with Crippen LogP contribution in [-0.4, -0.2) is 29.9 Å². The summed E-state index contributed by atoms with van der Waals surface area (Å²) >= 11 is 0. The van der Waals surface area contributed by atoms with Gasteiger partial charge < -0.3 is 16.4 Å². The molecule has 1 saturated heterocycles. The van der Waals surface area contributed by atoms with Crippen LogP contribution in [0.1, 0.15) is 95.1 Å². The average Bonchev–Trinajstić information content (AvgIpc) is 2.79. The first-order valence-electron chi connectivity index (χ1n) is 13.7. The molecule has 5 fully saturated rings. The number of amides is 2. The SMILES string of the molecule is NCCCCCCC(NC12CC3CC(CC(C3)C1)C2)c1ccc(NC2CCC(=O)NC2=O)cc1. The Hall–Kier alpha value is -1.92. The first kappa shape index (κ1) is 23.8. The topological polar surface area (TPSA) is 96.2 Å². The zero-order valence-corrected chi connectivity index (χ0v) is 20.5. The molecule has 0 radical (unpaired) electrons. The van der Waals surface area contributed by atoms with Gasteiger partial charge in [0.2, 0.25) is 11.8 Å². The van der Waals surface area contributed by atoms with Crippen LogP contribution >= 0.6 is 0 Å². The second-order valence-electron chi connectivity index (χ2n) is 11.7. The van der Waals surface area contributed by atoms with E-state index in [-0.39, 0.29) is 17.9 Å².